The molecule has 196 valence electrons. The number of carboxylic acids is 1. The van der Waals surface area contributed by atoms with Gasteiger partial charge in [-0.15, -0.1) is 0 Å². The summed E-state index contributed by atoms with van der Waals surface area (Å²) >= 11 is 6.01. The fourth-order valence-corrected chi connectivity index (χ4v) is 4.55. The van der Waals surface area contributed by atoms with E-state index in [4.69, 9.17) is 26.2 Å². The fourth-order valence-electron chi connectivity index (χ4n) is 4.42. The van der Waals surface area contributed by atoms with Gasteiger partial charge in [-0.3, -0.25) is 4.79 Å². The molecule has 11 heteroatoms. The summed E-state index contributed by atoms with van der Waals surface area (Å²) in [7, 11) is 1.69. The largest absolute Gasteiger partial charge is 0.495 e. The summed E-state index contributed by atoms with van der Waals surface area (Å²) in [6.45, 7) is 3.50. The predicted molar refractivity (Wildman–Crippen MR) is 135 cm³/mol. The monoisotopic (exact) mass is 535 g/mol. The van der Waals surface area contributed by atoms with Crippen LogP contribution in [-0.2, 0) is 11.3 Å². The normalized spacial score (nSPS) is 15.2. The minimum Gasteiger partial charge on any atom is -0.495 e. The Hall–Kier alpha value is -3.66. The second-order valence-corrected chi connectivity index (χ2v) is 9.06. The van der Waals surface area contributed by atoms with Crippen LogP contribution in [0.5, 0.6) is 5.75 Å². The molecular formula is C26H25ClF3N3O4. The molecule has 0 atom stereocenters. The average molecular weight is 536 g/mol. The lowest BCUT2D eigenvalue weighted by Crippen LogP contribution is -2.39. The third-order valence-electron chi connectivity index (χ3n) is 6.27. The number of amides is 1. The number of benzene rings is 2. The summed E-state index contributed by atoms with van der Waals surface area (Å²) in [6, 6.07) is 15.8. The molecule has 1 amide bonds. The van der Waals surface area contributed by atoms with Crippen molar-refractivity contribution in [2.24, 2.45) is 0 Å². The molecule has 2 aliphatic heterocycles. The Morgan fingerprint density at radius 2 is 1.62 bits per heavy atom. The lowest BCUT2D eigenvalue weighted by molar-refractivity contribution is -0.192. The lowest BCUT2D eigenvalue weighted by Gasteiger charge is -2.29. The van der Waals surface area contributed by atoms with Crippen LogP contribution in [0.2, 0.25) is 5.02 Å². The Labute approximate surface area is 216 Å². The van der Waals surface area contributed by atoms with Gasteiger partial charge < -0.3 is 24.2 Å². The summed E-state index contributed by atoms with van der Waals surface area (Å²) in [6.07, 6.45) is -0.615. The SMILES string of the molecule is COc1cc(N2CCn3cc(-c4ccc(Cl)cc4)cc3C2=O)ccc1N1CCCC1.O=C(O)C(F)(F)F. The first-order valence-electron chi connectivity index (χ1n) is 11.6. The molecule has 3 heterocycles. The van der Waals surface area contributed by atoms with Crippen molar-refractivity contribution >= 4 is 34.9 Å². The molecule has 1 N–H and O–H groups in total. The minimum atomic E-state index is -5.08. The molecule has 0 bridgehead atoms. The molecule has 2 aromatic carbocycles. The van der Waals surface area contributed by atoms with Gasteiger partial charge in [0, 0.05) is 54.7 Å². The zero-order chi connectivity index (χ0) is 26.7. The number of aliphatic carboxylic acids is 1. The number of ether oxygens (including phenoxy) is 1. The van der Waals surface area contributed by atoms with Gasteiger partial charge in [-0.05, 0) is 48.7 Å². The number of methoxy groups -OCH3 is 1. The first kappa shape index (κ1) is 26.4. The fraction of sp³-hybridized carbons (Fsp3) is 0.308. The molecule has 1 fully saturated rings. The highest BCUT2D eigenvalue weighted by Gasteiger charge is 2.38. The summed E-state index contributed by atoms with van der Waals surface area (Å²) in [5.74, 6) is -1.92. The third kappa shape index (κ3) is 5.85. The molecule has 3 aromatic rings. The maximum Gasteiger partial charge on any atom is 0.490 e. The number of carbonyl (C=O) groups is 2. The van der Waals surface area contributed by atoms with Gasteiger partial charge >= 0.3 is 12.1 Å². The van der Waals surface area contributed by atoms with E-state index in [1.54, 1.807) is 7.11 Å². The van der Waals surface area contributed by atoms with Gasteiger partial charge in [-0.2, -0.15) is 13.2 Å². The van der Waals surface area contributed by atoms with Gasteiger partial charge in [-0.25, -0.2) is 4.79 Å². The van der Waals surface area contributed by atoms with E-state index < -0.39 is 12.1 Å². The van der Waals surface area contributed by atoms with Gasteiger partial charge in [-0.1, -0.05) is 23.7 Å². The Balaban J connectivity index is 0.000000405. The first-order chi connectivity index (χ1) is 17.6. The number of fused-ring (bicyclic) bond motifs is 1. The number of carbonyl (C=O) groups excluding carboxylic acids is 1. The molecular weight excluding hydrogens is 511 g/mol. The van der Waals surface area contributed by atoms with Crippen molar-refractivity contribution in [3.63, 3.8) is 0 Å². The van der Waals surface area contributed by atoms with E-state index in [-0.39, 0.29) is 5.91 Å². The number of halogens is 4. The van der Waals surface area contributed by atoms with Gasteiger partial charge in [0.15, 0.2) is 0 Å². The van der Waals surface area contributed by atoms with Crippen molar-refractivity contribution in [2.75, 3.05) is 36.5 Å². The van der Waals surface area contributed by atoms with Crippen LogP contribution < -0.4 is 14.5 Å². The molecule has 2 aliphatic rings. The van der Waals surface area contributed by atoms with Crippen LogP contribution in [0.1, 0.15) is 23.3 Å². The molecule has 0 saturated carbocycles. The van der Waals surface area contributed by atoms with E-state index in [1.807, 2.05) is 58.1 Å². The van der Waals surface area contributed by atoms with Crippen LogP contribution in [0.3, 0.4) is 0 Å². The number of hydrogen-bond acceptors (Lipinski definition) is 4. The quantitative estimate of drug-likeness (QED) is 0.463. The van der Waals surface area contributed by atoms with Crippen molar-refractivity contribution in [2.45, 2.75) is 25.6 Å². The number of rotatable bonds is 4. The van der Waals surface area contributed by atoms with Crippen molar-refractivity contribution in [1.82, 2.24) is 4.57 Å². The van der Waals surface area contributed by atoms with E-state index in [9.17, 15) is 18.0 Å². The minimum absolute atomic E-state index is 0.0115. The van der Waals surface area contributed by atoms with Gasteiger partial charge in [0.1, 0.15) is 11.4 Å². The number of nitrogens with zero attached hydrogens (tertiary/aromatic N) is 3. The van der Waals surface area contributed by atoms with Crippen LogP contribution in [-0.4, -0.2) is 54.5 Å². The van der Waals surface area contributed by atoms with E-state index >= 15 is 0 Å². The molecule has 0 unspecified atom stereocenters. The summed E-state index contributed by atoms with van der Waals surface area (Å²) in [5, 5.41) is 7.83. The van der Waals surface area contributed by atoms with Gasteiger partial charge in [0.25, 0.3) is 5.91 Å². The van der Waals surface area contributed by atoms with E-state index in [1.165, 1.54) is 12.8 Å². The highest BCUT2D eigenvalue weighted by molar-refractivity contribution is 6.30. The Bertz CT molecular complexity index is 1290. The number of carboxylic acid groups (broad SMARTS) is 1. The first-order valence-corrected chi connectivity index (χ1v) is 12.0. The standard InChI is InChI=1S/C24H24ClN3O2.C2HF3O2/c1-30-23-15-20(8-9-21(23)26-10-2-3-11-26)28-13-12-27-16-18(14-22(27)24(28)29)17-4-6-19(25)7-5-17;3-2(4,5)1(6)7/h4-9,14-16H,2-3,10-13H2,1H3;(H,6,7). The van der Waals surface area contributed by atoms with Crippen LogP contribution in [0.4, 0.5) is 24.5 Å². The Kier molecular flexibility index (Phi) is 7.68. The average Bonchev–Trinajstić information content (AvgIpc) is 3.55. The molecule has 1 saturated heterocycles. The molecule has 37 heavy (non-hydrogen) atoms. The maximum absolute atomic E-state index is 13.3. The number of hydrogen-bond donors (Lipinski definition) is 1. The molecule has 0 radical (unpaired) electrons. The van der Waals surface area contributed by atoms with E-state index in [2.05, 4.69) is 11.0 Å². The number of aromatic nitrogens is 1. The molecule has 7 nitrogen and oxygen atoms in total. The molecule has 0 aliphatic carbocycles. The number of anilines is 2. The zero-order valence-electron chi connectivity index (χ0n) is 20.0. The highest BCUT2D eigenvalue weighted by atomic mass is 35.5. The van der Waals surface area contributed by atoms with Crippen molar-refractivity contribution in [3.8, 4) is 16.9 Å². The Morgan fingerprint density at radius 3 is 2.22 bits per heavy atom. The summed E-state index contributed by atoms with van der Waals surface area (Å²) in [5.41, 5.74) is 4.77. The highest BCUT2D eigenvalue weighted by Crippen LogP contribution is 2.36. The summed E-state index contributed by atoms with van der Waals surface area (Å²) < 4.78 is 39.4. The van der Waals surface area contributed by atoms with Crippen LogP contribution in [0, 0.1) is 0 Å². The topological polar surface area (TPSA) is 75.0 Å². The Morgan fingerprint density at radius 1 is 0.973 bits per heavy atom. The van der Waals surface area contributed by atoms with Gasteiger partial charge in [0.2, 0.25) is 0 Å². The molecule has 5 rings (SSSR count). The molecule has 0 spiro atoms. The lowest BCUT2D eigenvalue weighted by atomic mass is 10.1. The third-order valence-corrected chi connectivity index (χ3v) is 6.52. The van der Waals surface area contributed by atoms with Gasteiger partial charge in [0.05, 0.1) is 12.8 Å². The van der Waals surface area contributed by atoms with E-state index in [0.717, 1.165) is 47.9 Å². The van der Waals surface area contributed by atoms with Crippen LogP contribution in [0.15, 0.2) is 54.7 Å². The van der Waals surface area contributed by atoms with Crippen molar-refractivity contribution in [3.05, 3.63) is 65.4 Å². The van der Waals surface area contributed by atoms with Crippen molar-refractivity contribution < 1.29 is 32.6 Å². The second-order valence-electron chi connectivity index (χ2n) is 8.62. The van der Waals surface area contributed by atoms with Crippen LogP contribution in [0.25, 0.3) is 11.1 Å². The van der Waals surface area contributed by atoms with E-state index in [0.29, 0.717) is 17.3 Å². The van der Waals surface area contributed by atoms with Crippen molar-refractivity contribution in [1.29, 1.82) is 0 Å². The smallest absolute Gasteiger partial charge is 0.490 e. The zero-order valence-corrected chi connectivity index (χ0v) is 20.7. The van der Waals surface area contributed by atoms with Crippen LogP contribution >= 0.6 is 11.6 Å². The maximum atomic E-state index is 13.3. The number of alkyl halides is 3. The molecule has 1 aromatic heterocycles. The second kappa shape index (κ2) is 10.8. The summed E-state index contributed by atoms with van der Waals surface area (Å²) in [4.78, 5) is 26.4. The predicted octanol–water partition coefficient (Wildman–Crippen LogP) is 5.71.